The highest BCUT2D eigenvalue weighted by Gasteiger charge is 2.55. The Labute approximate surface area is 143 Å². The Hall–Kier alpha value is -1.49. The van der Waals surface area contributed by atoms with E-state index in [2.05, 4.69) is 15.2 Å². The molecular weight excluding hydrogens is 300 g/mol. The first kappa shape index (κ1) is 14.8. The SMILES string of the molecule is O=C(C1[C@H]2CCCC[C@@H]12)N1CCc2nc([C@@H]3CCCN3)ncc2C1. The number of fused-ring (bicyclic) bond motifs is 2. The van der Waals surface area contributed by atoms with E-state index < -0.39 is 0 Å². The standard InChI is InChI=1S/C19H26N4O/c24-19(17-13-4-1-2-5-14(13)17)23-9-7-15-12(11-23)10-21-18(22-15)16-6-3-8-20-16/h10,13-14,16-17,20H,1-9,11H2/t13-,14+,16-,17?/m0/s1. The van der Waals surface area contributed by atoms with Crippen LogP contribution in [0.15, 0.2) is 6.20 Å². The Morgan fingerprint density at radius 3 is 2.75 bits per heavy atom. The predicted molar refractivity (Wildman–Crippen MR) is 90.1 cm³/mol. The van der Waals surface area contributed by atoms with Crippen LogP contribution in [0.4, 0.5) is 0 Å². The highest BCUT2D eigenvalue weighted by Crippen LogP contribution is 2.56. The van der Waals surface area contributed by atoms with Gasteiger partial charge in [-0.2, -0.15) is 0 Å². The molecule has 3 heterocycles. The van der Waals surface area contributed by atoms with Crippen molar-refractivity contribution in [2.45, 2.75) is 57.5 Å². The molecule has 2 saturated carbocycles. The van der Waals surface area contributed by atoms with Gasteiger partial charge in [-0.05, 0) is 44.1 Å². The zero-order chi connectivity index (χ0) is 16.1. The van der Waals surface area contributed by atoms with Gasteiger partial charge in [0.1, 0.15) is 5.82 Å². The molecule has 1 aromatic heterocycles. The summed E-state index contributed by atoms with van der Waals surface area (Å²) in [7, 11) is 0. The van der Waals surface area contributed by atoms with E-state index >= 15 is 0 Å². The van der Waals surface area contributed by atoms with Crippen molar-refractivity contribution in [3.8, 4) is 0 Å². The van der Waals surface area contributed by atoms with Gasteiger partial charge in [0, 0.05) is 37.2 Å². The fourth-order valence-electron chi connectivity index (χ4n) is 5.16. The number of hydrogen-bond acceptors (Lipinski definition) is 4. The molecule has 1 N–H and O–H groups in total. The van der Waals surface area contributed by atoms with Gasteiger partial charge in [-0.25, -0.2) is 9.97 Å². The number of carbonyl (C=O) groups is 1. The van der Waals surface area contributed by atoms with E-state index in [9.17, 15) is 4.79 Å². The van der Waals surface area contributed by atoms with Crippen LogP contribution in [-0.2, 0) is 17.8 Å². The second-order valence-corrected chi connectivity index (χ2v) is 8.00. The lowest BCUT2D eigenvalue weighted by atomic mass is 10.0. The molecule has 4 atom stereocenters. The average molecular weight is 326 g/mol. The van der Waals surface area contributed by atoms with Gasteiger partial charge in [0.15, 0.2) is 0 Å². The Bertz CT molecular complexity index is 643. The van der Waals surface area contributed by atoms with E-state index in [0.29, 0.717) is 36.2 Å². The Kier molecular flexibility index (Phi) is 3.58. The molecule has 24 heavy (non-hydrogen) atoms. The van der Waals surface area contributed by atoms with Crippen LogP contribution in [0, 0.1) is 17.8 Å². The van der Waals surface area contributed by atoms with Gasteiger partial charge >= 0.3 is 0 Å². The Morgan fingerprint density at radius 2 is 2.00 bits per heavy atom. The molecule has 1 unspecified atom stereocenters. The molecule has 2 aliphatic carbocycles. The summed E-state index contributed by atoms with van der Waals surface area (Å²) in [6.45, 7) is 2.61. The molecule has 1 amide bonds. The smallest absolute Gasteiger partial charge is 0.226 e. The van der Waals surface area contributed by atoms with Crippen molar-refractivity contribution < 1.29 is 4.79 Å². The van der Waals surface area contributed by atoms with Crippen molar-refractivity contribution in [1.82, 2.24) is 20.2 Å². The van der Waals surface area contributed by atoms with Crippen LogP contribution in [0.3, 0.4) is 0 Å². The number of rotatable bonds is 2. The first-order valence-corrected chi connectivity index (χ1v) is 9.68. The molecule has 0 bridgehead atoms. The van der Waals surface area contributed by atoms with E-state index in [1.54, 1.807) is 0 Å². The van der Waals surface area contributed by atoms with Crippen molar-refractivity contribution in [1.29, 1.82) is 0 Å². The van der Waals surface area contributed by atoms with E-state index in [4.69, 9.17) is 4.98 Å². The molecular formula is C19H26N4O. The average Bonchev–Trinajstić information content (AvgIpc) is 3.09. The first-order valence-electron chi connectivity index (χ1n) is 9.68. The third-order valence-electron chi connectivity index (χ3n) is 6.58. The highest BCUT2D eigenvalue weighted by molar-refractivity contribution is 5.82. The van der Waals surface area contributed by atoms with Gasteiger partial charge in [-0.3, -0.25) is 4.79 Å². The molecule has 2 aliphatic heterocycles. The first-order chi connectivity index (χ1) is 11.8. The van der Waals surface area contributed by atoms with Crippen molar-refractivity contribution in [2.24, 2.45) is 17.8 Å². The number of carbonyl (C=O) groups excluding carboxylic acids is 1. The van der Waals surface area contributed by atoms with Crippen LogP contribution >= 0.6 is 0 Å². The molecule has 1 saturated heterocycles. The van der Waals surface area contributed by atoms with Gasteiger partial charge in [0.2, 0.25) is 5.91 Å². The number of amides is 1. The number of hydrogen-bond donors (Lipinski definition) is 1. The molecule has 0 radical (unpaired) electrons. The molecule has 4 aliphatic rings. The van der Waals surface area contributed by atoms with Crippen LogP contribution in [-0.4, -0.2) is 33.9 Å². The zero-order valence-electron chi connectivity index (χ0n) is 14.2. The molecule has 5 rings (SSSR count). The molecule has 0 spiro atoms. The van der Waals surface area contributed by atoms with Gasteiger partial charge in [-0.1, -0.05) is 12.8 Å². The van der Waals surface area contributed by atoms with E-state index in [1.807, 2.05) is 6.20 Å². The molecule has 5 nitrogen and oxygen atoms in total. The number of aromatic nitrogens is 2. The minimum atomic E-state index is 0.324. The van der Waals surface area contributed by atoms with Crippen LogP contribution in [0.2, 0.25) is 0 Å². The van der Waals surface area contributed by atoms with Crippen molar-refractivity contribution >= 4 is 5.91 Å². The Morgan fingerprint density at radius 1 is 1.17 bits per heavy atom. The monoisotopic (exact) mass is 326 g/mol. The normalized spacial score (nSPS) is 34.6. The van der Waals surface area contributed by atoms with Crippen LogP contribution in [0.5, 0.6) is 0 Å². The summed E-state index contributed by atoms with van der Waals surface area (Å²) >= 11 is 0. The van der Waals surface area contributed by atoms with Gasteiger partial charge in [0.05, 0.1) is 11.7 Å². The fraction of sp³-hybridized carbons (Fsp3) is 0.737. The third-order valence-corrected chi connectivity index (χ3v) is 6.58. The highest BCUT2D eigenvalue weighted by atomic mass is 16.2. The van der Waals surface area contributed by atoms with E-state index in [-0.39, 0.29) is 0 Å². The summed E-state index contributed by atoms with van der Waals surface area (Å²) in [6, 6.07) is 0.324. The topological polar surface area (TPSA) is 58.1 Å². The summed E-state index contributed by atoms with van der Waals surface area (Å²) in [5.74, 6) is 3.06. The predicted octanol–water partition coefficient (Wildman–Crippen LogP) is 2.22. The maximum absolute atomic E-state index is 12.9. The zero-order valence-corrected chi connectivity index (χ0v) is 14.2. The van der Waals surface area contributed by atoms with Gasteiger partial charge in [0.25, 0.3) is 0 Å². The number of nitrogens with one attached hydrogen (secondary N) is 1. The van der Waals surface area contributed by atoms with Crippen LogP contribution in [0.25, 0.3) is 0 Å². The molecule has 0 aromatic carbocycles. The maximum Gasteiger partial charge on any atom is 0.226 e. The molecule has 128 valence electrons. The van der Waals surface area contributed by atoms with Gasteiger partial charge < -0.3 is 10.2 Å². The van der Waals surface area contributed by atoms with Crippen molar-refractivity contribution in [3.05, 3.63) is 23.3 Å². The molecule has 3 fully saturated rings. The summed E-state index contributed by atoms with van der Waals surface area (Å²) in [5, 5.41) is 3.47. The van der Waals surface area contributed by atoms with E-state index in [1.165, 1.54) is 32.1 Å². The number of nitrogens with zero attached hydrogens (tertiary/aromatic N) is 3. The molecule has 5 heteroatoms. The quantitative estimate of drug-likeness (QED) is 0.905. The summed E-state index contributed by atoms with van der Waals surface area (Å²) < 4.78 is 0. The minimum absolute atomic E-state index is 0.324. The lowest BCUT2D eigenvalue weighted by Crippen LogP contribution is -2.38. The Balaban J connectivity index is 1.29. The lowest BCUT2D eigenvalue weighted by Gasteiger charge is -2.29. The second-order valence-electron chi connectivity index (χ2n) is 8.00. The second kappa shape index (κ2) is 5.80. The fourth-order valence-corrected chi connectivity index (χ4v) is 5.16. The van der Waals surface area contributed by atoms with Gasteiger partial charge in [-0.15, -0.1) is 0 Å². The summed E-state index contributed by atoms with van der Waals surface area (Å²) in [5.41, 5.74) is 2.31. The van der Waals surface area contributed by atoms with Crippen molar-refractivity contribution in [2.75, 3.05) is 13.1 Å². The minimum Gasteiger partial charge on any atom is -0.338 e. The third kappa shape index (κ3) is 2.44. The lowest BCUT2D eigenvalue weighted by molar-refractivity contribution is -0.134. The van der Waals surface area contributed by atoms with Crippen LogP contribution in [0.1, 0.15) is 61.6 Å². The summed E-state index contributed by atoms with van der Waals surface area (Å²) in [6.07, 6.45) is 10.4. The van der Waals surface area contributed by atoms with Crippen LogP contribution < -0.4 is 5.32 Å². The maximum atomic E-state index is 12.9. The van der Waals surface area contributed by atoms with E-state index in [0.717, 1.165) is 43.0 Å². The molecule has 1 aromatic rings. The van der Waals surface area contributed by atoms with Crippen molar-refractivity contribution in [3.63, 3.8) is 0 Å². The largest absolute Gasteiger partial charge is 0.338 e. The summed E-state index contributed by atoms with van der Waals surface area (Å²) in [4.78, 5) is 24.4.